The van der Waals surface area contributed by atoms with Crippen LogP contribution in [0.15, 0.2) is 17.8 Å². The molecular weight excluding hydrogens is 232 g/mol. The fraction of sp³-hybridized carbons (Fsp3) is 0.500. The fourth-order valence-corrected chi connectivity index (χ4v) is 2.55. The van der Waals surface area contributed by atoms with Crippen molar-refractivity contribution in [3.63, 3.8) is 0 Å². The molecule has 0 radical (unpaired) electrons. The third-order valence-corrected chi connectivity index (χ3v) is 3.43. The van der Waals surface area contributed by atoms with Crippen LogP contribution in [0.5, 0.6) is 0 Å². The quantitative estimate of drug-likeness (QED) is 0.883. The van der Waals surface area contributed by atoms with Gasteiger partial charge >= 0.3 is 0 Å². The Morgan fingerprint density at radius 1 is 1.53 bits per heavy atom. The predicted octanol–water partition coefficient (Wildman–Crippen LogP) is 2.08. The Kier molecular flexibility index (Phi) is 3.91. The van der Waals surface area contributed by atoms with Crippen LogP contribution in [0.4, 0.5) is 0 Å². The van der Waals surface area contributed by atoms with E-state index in [1.807, 2.05) is 24.9 Å². The van der Waals surface area contributed by atoms with Crippen LogP contribution in [0.3, 0.4) is 0 Å². The number of rotatable bonds is 5. The zero-order valence-electron chi connectivity index (χ0n) is 10.5. The Labute approximate surface area is 106 Å². The minimum Gasteiger partial charge on any atom is -0.309 e. The molecule has 0 saturated carbocycles. The van der Waals surface area contributed by atoms with Gasteiger partial charge in [0.25, 0.3) is 0 Å². The number of nitrogens with zero attached hydrogens (tertiary/aromatic N) is 3. The van der Waals surface area contributed by atoms with Gasteiger partial charge in [0.2, 0.25) is 0 Å². The number of aryl methyl sites for hydroxylation is 2. The Balaban J connectivity index is 2.12. The van der Waals surface area contributed by atoms with Gasteiger partial charge in [0, 0.05) is 18.6 Å². The second kappa shape index (κ2) is 5.42. The highest BCUT2D eigenvalue weighted by atomic mass is 32.1. The summed E-state index contributed by atoms with van der Waals surface area (Å²) >= 11 is 1.70. The van der Waals surface area contributed by atoms with Gasteiger partial charge in [0.1, 0.15) is 0 Å². The van der Waals surface area contributed by atoms with E-state index >= 15 is 0 Å². The summed E-state index contributed by atoms with van der Waals surface area (Å²) in [6, 6.07) is 0.286. The second-order valence-corrected chi connectivity index (χ2v) is 5.19. The molecule has 2 rings (SSSR count). The van der Waals surface area contributed by atoms with Gasteiger partial charge in [-0.3, -0.25) is 4.68 Å². The van der Waals surface area contributed by atoms with Crippen molar-refractivity contribution in [3.05, 3.63) is 34.0 Å². The maximum atomic E-state index is 4.56. The molecule has 0 amide bonds. The van der Waals surface area contributed by atoms with Crippen LogP contribution in [-0.2, 0) is 13.5 Å². The number of likely N-dealkylation sites (N-methyl/N-ethyl adjacent to an activating group) is 1. The van der Waals surface area contributed by atoms with Crippen molar-refractivity contribution >= 4 is 11.3 Å². The van der Waals surface area contributed by atoms with E-state index in [1.165, 1.54) is 5.56 Å². The molecule has 0 bridgehead atoms. The Hall–Kier alpha value is -1.20. The van der Waals surface area contributed by atoms with E-state index in [1.54, 1.807) is 11.3 Å². The standard InChI is InChI=1S/C12H18N4S/c1-4-13-11(12-8-17-9(2)15-12)5-10-6-14-16(3)7-10/h6-8,11,13H,4-5H2,1-3H3. The molecule has 1 atom stereocenters. The van der Waals surface area contributed by atoms with Gasteiger partial charge in [-0.25, -0.2) is 4.98 Å². The summed E-state index contributed by atoms with van der Waals surface area (Å²) in [6.07, 6.45) is 4.91. The van der Waals surface area contributed by atoms with Gasteiger partial charge in [-0.1, -0.05) is 6.92 Å². The molecule has 0 fully saturated rings. The molecule has 0 aromatic carbocycles. The van der Waals surface area contributed by atoms with Gasteiger partial charge in [-0.05, 0) is 25.5 Å². The van der Waals surface area contributed by atoms with Crippen molar-refractivity contribution in [1.82, 2.24) is 20.1 Å². The first kappa shape index (κ1) is 12.3. The Morgan fingerprint density at radius 3 is 2.88 bits per heavy atom. The molecule has 5 heteroatoms. The zero-order valence-corrected chi connectivity index (χ0v) is 11.3. The maximum absolute atomic E-state index is 4.56. The zero-order chi connectivity index (χ0) is 12.3. The van der Waals surface area contributed by atoms with Gasteiger partial charge in [0.05, 0.1) is 22.9 Å². The molecule has 1 N–H and O–H groups in total. The first-order valence-corrected chi connectivity index (χ1v) is 6.70. The van der Waals surface area contributed by atoms with E-state index < -0.39 is 0 Å². The van der Waals surface area contributed by atoms with E-state index in [-0.39, 0.29) is 6.04 Å². The molecule has 2 aromatic rings. The van der Waals surface area contributed by atoms with Crippen LogP contribution in [0.1, 0.15) is 29.2 Å². The third-order valence-electron chi connectivity index (χ3n) is 2.64. The van der Waals surface area contributed by atoms with Crippen molar-refractivity contribution in [1.29, 1.82) is 0 Å². The van der Waals surface area contributed by atoms with Crippen LogP contribution in [-0.4, -0.2) is 21.3 Å². The van der Waals surface area contributed by atoms with E-state index in [4.69, 9.17) is 0 Å². The molecule has 0 aliphatic heterocycles. The predicted molar refractivity (Wildman–Crippen MR) is 70.2 cm³/mol. The van der Waals surface area contributed by atoms with Gasteiger partial charge in [-0.2, -0.15) is 5.10 Å². The third kappa shape index (κ3) is 3.14. The lowest BCUT2D eigenvalue weighted by molar-refractivity contribution is 0.538. The van der Waals surface area contributed by atoms with Crippen LogP contribution in [0.25, 0.3) is 0 Å². The normalized spacial score (nSPS) is 12.9. The molecule has 2 aromatic heterocycles. The summed E-state index contributed by atoms with van der Waals surface area (Å²) in [5.41, 5.74) is 2.38. The summed E-state index contributed by atoms with van der Waals surface area (Å²) < 4.78 is 1.84. The molecule has 0 spiro atoms. The van der Waals surface area contributed by atoms with Crippen LogP contribution in [0, 0.1) is 6.92 Å². The van der Waals surface area contributed by atoms with Gasteiger partial charge < -0.3 is 5.32 Å². The minimum atomic E-state index is 0.286. The lowest BCUT2D eigenvalue weighted by atomic mass is 10.1. The Bertz CT molecular complexity index is 474. The highest BCUT2D eigenvalue weighted by Gasteiger charge is 2.14. The SMILES string of the molecule is CCNC(Cc1cnn(C)c1)c1csc(C)n1. The van der Waals surface area contributed by atoms with Crippen LogP contribution >= 0.6 is 11.3 Å². The molecule has 4 nitrogen and oxygen atoms in total. The lowest BCUT2D eigenvalue weighted by Gasteiger charge is -2.14. The summed E-state index contributed by atoms with van der Waals surface area (Å²) in [4.78, 5) is 4.56. The molecular formula is C12H18N4S. The molecule has 0 saturated heterocycles. The number of aromatic nitrogens is 3. The van der Waals surface area contributed by atoms with E-state index in [2.05, 4.69) is 33.9 Å². The second-order valence-electron chi connectivity index (χ2n) is 4.13. The molecule has 2 heterocycles. The van der Waals surface area contributed by atoms with E-state index in [0.717, 1.165) is 23.7 Å². The smallest absolute Gasteiger partial charge is 0.0898 e. The van der Waals surface area contributed by atoms with Gasteiger partial charge in [-0.15, -0.1) is 11.3 Å². The number of thiazole rings is 1. The number of hydrogen-bond donors (Lipinski definition) is 1. The topological polar surface area (TPSA) is 42.7 Å². The Morgan fingerprint density at radius 2 is 2.35 bits per heavy atom. The average molecular weight is 250 g/mol. The lowest BCUT2D eigenvalue weighted by Crippen LogP contribution is -2.23. The fourth-order valence-electron chi connectivity index (χ4n) is 1.88. The molecule has 17 heavy (non-hydrogen) atoms. The maximum Gasteiger partial charge on any atom is 0.0898 e. The highest BCUT2D eigenvalue weighted by molar-refractivity contribution is 7.09. The molecule has 92 valence electrons. The molecule has 1 unspecified atom stereocenters. The largest absolute Gasteiger partial charge is 0.309 e. The van der Waals surface area contributed by atoms with Crippen molar-refractivity contribution in [2.45, 2.75) is 26.3 Å². The van der Waals surface area contributed by atoms with E-state index in [9.17, 15) is 0 Å². The summed E-state index contributed by atoms with van der Waals surface area (Å²) in [5, 5.41) is 10.9. The monoisotopic (exact) mass is 250 g/mol. The van der Waals surface area contributed by atoms with Crippen LogP contribution in [0.2, 0.25) is 0 Å². The summed E-state index contributed by atoms with van der Waals surface area (Å²) in [5.74, 6) is 0. The molecule has 0 aliphatic rings. The first-order chi connectivity index (χ1) is 8.19. The van der Waals surface area contributed by atoms with Crippen molar-refractivity contribution in [2.24, 2.45) is 7.05 Å². The highest BCUT2D eigenvalue weighted by Crippen LogP contribution is 2.20. The van der Waals surface area contributed by atoms with Crippen LogP contribution < -0.4 is 5.32 Å². The average Bonchev–Trinajstić information content (AvgIpc) is 2.87. The first-order valence-electron chi connectivity index (χ1n) is 5.82. The number of nitrogens with one attached hydrogen (secondary N) is 1. The van der Waals surface area contributed by atoms with Gasteiger partial charge in [0.15, 0.2) is 0 Å². The van der Waals surface area contributed by atoms with Crippen molar-refractivity contribution in [2.75, 3.05) is 6.54 Å². The minimum absolute atomic E-state index is 0.286. The summed E-state index contributed by atoms with van der Waals surface area (Å²) in [7, 11) is 1.94. The number of hydrogen-bond acceptors (Lipinski definition) is 4. The molecule has 0 aliphatic carbocycles. The van der Waals surface area contributed by atoms with E-state index in [0.29, 0.717) is 0 Å². The van der Waals surface area contributed by atoms with Crippen molar-refractivity contribution < 1.29 is 0 Å². The van der Waals surface area contributed by atoms with Crippen molar-refractivity contribution in [3.8, 4) is 0 Å². The summed E-state index contributed by atoms with van der Waals surface area (Å²) in [6.45, 7) is 5.11.